The van der Waals surface area contributed by atoms with Gasteiger partial charge in [0.25, 0.3) is 5.91 Å². The Labute approximate surface area is 161 Å². The van der Waals surface area contributed by atoms with Crippen molar-refractivity contribution in [1.82, 2.24) is 0 Å². The second kappa shape index (κ2) is 7.15. The SMILES string of the molecule is CC(=O)Nc1ccc(N2C(=O)c3ccccc3N[C@@H]2c2ccc(F)cc2)cc1. The van der Waals surface area contributed by atoms with Crippen molar-refractivity contribution >= 4 is 28.9 Å². The van der Waals surface area contributed by atoms with Crippen LogP contribution >= 0.6 is 0 Å². The first-order chi connectivity index (χ1) is 13.5. The summed E-state index contributed by atoms with van der Waals surface area (Å²) in [7, 11) is 0. The van der Waals surface area contributed by atoms with Crippen LogP contribution in [0.25, 0.3) is 0 Å². The van der Waals surface area contributed by atoms with Crippen molar-refractivity contribution < 1.29 is 14.0 Å². The van der Waals surface area contributed by atoms with Crippen molar-refractivity contribution in [2.24, 2.45) is 0 Å². The summed E-state index contributed by atoms with van der Waals surface area (Å²) in [5.41, 5.74) is 3.36. The Hall–Kier alpha value is -3.67. The Morgan fingerprint density at radius 1 is 1.00 bits per heavy atom. The van der Waals surface area contributed by atoms with Gasteiger partial charge in [0.15, 0.2) is 0 Å². The van der Waals surface area contributed by atoms with Crippen molar-refractivity contribution in [1.29, 1.82) is 0 Å². The van der Waals surface area contributed by atoms with Crippen molar-refractivity contribution in [2.75, 3.05) is 15.5 Å². The third-order valence-corrected chi connectivity index (χ3v) is 4.58. The van der Waals surface area contributed by atoms with Crippen LogP contribution in [0.15, 0.2) is 72.8 Å². The van der Waals surface area contributed by atoms with E-state index in [-0.39, 0.29) is 17.6 Å². The number of carbonyl (C=O) groups is 2. The molecule has 0 saturated heterocycles. The molecule has 0 radical (unpaired) electrons. The minimum Gasteiger partial charge on any atom is -0.360 e. The van der Waals surface area contributed by atoms with E-state index >= 15 is 0 Å². The summed E-state index contributed by atoms with van der Waals surface area (Å²) in [5.74, 6) is -0.657. The average Bonchev–Trinajstić information content (AvgIpc) is 2.69. The van der Waals surface area contributed by atoms with Gasteiger partial charge in [0, 0.05) is 24.0 Å². The van der Waals surface area contributed by atoms with E-state index in [9.17, 15) is 14.0 Å². The molecule has 0 spiro atoms. The van der Waals surface area contributed by atoms with E-state index in [1.54, 1.807) is 47.4 Å². The molecule has 3 aromatic rings. The maximum absolute atomic E-state index is 13.4. The number of fused-ring (bicyclic) bond motifs is 1. The molecular formula is C22H18FN3O2. The van der Waals surface area contributed by atoms with Gasteiger partial charge in [0.05, 0.1) is 5.56 Å². The van der Waals surface area contributed by atoms with Crippen molar-refractivity contribution in [3.63, 3.8) is 0 Å². The highest BCUT2D eigenvalue weighted by molar-refractivity contribution is 6.12. The van der Waals surface area contributed by atoms with Gasteiger partial charge in [-0.05, 0) is 54.1 Å². The van der Waals surface area contributed by atoms with Crippen LogP contribution in [-0.4, -0.2) is 11.8 Å². The summed E-state index contributed by atoms with van der Waals surface area (Å²) in [6.07, 6.45) is -0.491. The largest absolute Gasteiger partial charge is 0.360 e. The standard InChI is InChI=1S/C22H18FN3O2/c1-14(27)24-17-10-12-18(13-11-17)26-21(15-6-8-16(23)9-7-15)25-20-5-3-2-4-19(20)22(26)28/h2-13,21,25H,1H3,(H,24,27)/t21-/m0/s1. The Morgan fingerprint density at radius 3 is 2.36 bits per heavy atom. The highest BCUT2D eigenvalue weighted by Crippen LogP contribution is 2.36. The zero-order valence-corrected chi connectivity index (χ0v) is 15.1. The van der Waals surface area contributed by atoms with Crippen LogP contribution in [0.5, 0.6) is 0 Å². The van der Waals surface area contributed by atoms with Gasteiger partial charge in [-0.25, -0.2) is 4.39 Å². The molecule has 2 amide bonds. The molecule has 2 N–H and O–H groups in total. The number of halogens is 1. The normalized spacial score (nSPS) is 15.6. The summed E-state index contributed by atoms with van der Waals surface area (Å²) < 4.78 is 13.4. The molecule has 0 aliphatic carbocycles. The molecule has 140 valence electrons. The maximum Gasteiger partial charge on any atom is 0.262 e. The smallest absolute Gasteiger partial charge is 0.262 e. The maximum atomic E-state index is 13.4. The number of para-hydroxylation sites is 1. The lowest BCUT2D eigenvalue weighted by atomic mass is 10.0. The molecule has 0 aromatic heterocycles. The molecule has 28 heavy (non-hydrogen) atoms. The van der Waals surface area contributed by atoms with E-state index in [1.165, 1.54) is 19.1 Å². The topological polar surface area (TPSA) is 61.4 Å². The second-order valence-electron chi connectivity index (χ2n) is 6.55. The van der Waals surface area contributed by atoms with Gasteiger partial charge in [0.2, 0.25) is 5.91 Å². The van der Waals surface area contributed by atoms with Gasteiger partial charge in [-0.3, -0.25) is 14.5 Å². The Bertz CT molecular complexity index is 1030. The lowest BCUT2D eigenvalue weighted by Gasteiger charge is -2.38. The Kier molecular flexibility index (Phi) is 4.53. The summed E-state index contributed by atoms with van der Waals surface area (Å²) >= 11 is 0. The molecule has 0 saturated carbocycles. The lowest BCUT2D eigenvalue weighted by molar-refractivity contribution is -0.114. The second-order valence-corrected chi connectivity index (χ2v) is 6.55. The molecule has 3 aromatic carbocycles. The van der Waals surface area contributed by atoms with E-state index in [1.807, 2.05) is 18.2 Å². The summed E-state index contributed by atoms with van der Waals surface area (Å²) in [5, 5.41) is 6.08. The molecule has 1 aliphatic heterocycles. The van der Waals surface area contributed by atoms with E-state index < -0.39 is 6.17 Å². The van der Waals surface area contributed by atoms with Gasteiger partial charge >= 0.3 is 0 Å². The Balaban J connectivity index is 1.77. The number of rotatable bonds is 3. The fraction of sp³-hybridized carbons (Fsp3) is 0.0909. The lowest BCUT2D eigenvalue weighted by Crippen LogP contribution is -2.43. The number of amides is 2. The predicted molar refractivity (Wildman–Crippen MR) is 107 cm³/mol. The predicted octanol–water partition coefficient (Wildman–Crippen LogP) is 4.56. The number of nitrogens with one attached hydrogen (secondary N) is 2. The molecule has 6 heteroatoms. The molecular weight excluding hydrogens is 357 g/mol. The van der Waals surface area contributed by atoms with Crippen LogP contribution < -0.4 is 15.5 Å². The highest BCUT2D eigenvalue weighted by Gasteiger charge is 2.33. The van der Waals surface area contributed by atoms with Gasteiger partial charge in [-0.2, -0.15) is 0 Å². The molecule has 5 nitrogen and oxygen atoms in total. The van der Waals surface area contributed by atoms with Crippen LogP contribution in [0.1, 0.15) is 29.0 Å². The Morgan fingerprint density at radius 2 is 1.68 bits per heavy atom. The molecule has 1 heterocycles. The van der Waals surface area contributed by atoms with Crippen molar-refractivity contribution in [2.45, 2.75) is 13.1 Å². The molecule has 4 rings (SSSR count). The minimum atomic E-state index is -0.491. The fourth-order valence-corrected chi connectivity index (χ4v) is 3.31. The van der Waals surface area contributed by atoms with Crippen LogP contribution in [0, 0.1) is 5.82 Å². The third-order valence-electron chi connectivity index (χ3n) is 4.58. The molecule has 0 bridgehead atoms. The zero-order chi connectivity index (χ0) is 19.7. The number of hydrogen-bond donors (Lipinski definition) is 2. The van der Waals surface area contributed by atoms with Crippen LogP contribution in [0.2, 0.25) is 0 Å². The summed E-state index contributed by atoms with van der Waals surface area (Å²) in [6.45, 7) is 1.44. The van der Waals surface area contributed by atoms with E-state index in [4.69, 9.17) is 0 Å². The molecule has 1 aliphatic rings. The third kappa shape index (κ3) is 3.32. The number of nitrogens with zero attached hydrogens (tertiary/aromatic N) is 1. The molecule has 1 atom stereocenters. The summed E-state index contributed by atoms with van der Waals surface area (Å²) in [4.78, 5) is 26.1. The van der Waals surface area contributed by atoms with E-state index in [0.717, 1.165) is 11.3 Å². The average molecular weight is 375 g/mol. The van der Waals surface area contributed by atoms with Gasteiger partial charge < -0.3 is 10.6 Å². The first kappa shape index (κ1) is 17.7. The fourth-order valence-electron chi connectivity index (χ4n) is 3.31. The van der Waals surface area contributed by atoms with Crippen molar-refractivity contribution in [3.05, 3.63) is 89.7 Å². The van der Waals surface area contributed by atoms with E-state index in [2.05, 4.69) is 10.6 Å². The minimum absolute atomic E-state index is 0.157. The van der Waals surface area contributed by atoms with Crippen LogP contribution in [0.3, 0.4) is 0 Å². The summed E-state index contributed by atoms with van der Waals surface area (Å²) in [6, 6.07) is 20.4. The van der Waals surface area contributed by atoms with E-state index in [0.29, 0.717) is 16.9 Å². The quantitative estimate of drug-likeness (QED) is 0.706. The highest BCUT2D eigenvalue weighted by atomic mass is 19.1. The number of carbonyl (C=O) groups excluding carboxylic acids is 2. The van der Waals surface area contributed by atoms with Gasteiger partial charge in [-0.15, -0.1) is 0 Å². The molecule has 0 fully saturated rings. The number of hydrogen-bond acceptors (Lipinski definition) is 3. The van der Waals surface area contributed by atoms with Crippen molar-refractivity contribution in [3.8, 4) is 0 Å². The van der Waals surface area contributed by atoms with Crippen LogP contribution in [-0.2, 0) is 4.79 Å². The van der Waals surface area contributed by atoms with Gasteiger partial charge in [-0.1, -0.05) is 24.3 Å². The number of anilines is 3. The first-order valence-electron chi connectivity index (χ1n) is 8.85. The zero-order valence-electron chi connectivity index (χ0n) is 15.1. The van der Waals surface area contributed by atoms with Gasteiger partial charge in [0.1, 0.15) is 12.0 Å². The number of benzene rings is 3. The first-order valence-corrected chi connectivity index (χ1v) is 8.85. The monoisotopic (exact) mass is 375 g/mol. The molecule has 0 unspecified atom stereocenters. The van der Waals surface area contributed by atoms with Crippen LogP contribution in [0.4, 0.5) is 21.5 Å².